The topological polar surface area (TPSA) is 229 Å². The van der Waals surface area contributed by atoms with Gasteiger partial charge in [0.1, 0.15) is 22.0 Å². The molecule has 194 valence electrons. The average molecular weight is 609 g/mol. The van der Waals surface area contributed by atoms with E-state index in [-0.39, 0.29) is 45.1 Å². The van der Waals surface area contributed by atoms with Crippen molar-refractivity contribution in [1.82, 2.24) is 0 Å². The van der Waals surface area contributed by atoms with Crippen molar-refractivity contribution in [3.63, 3.8) is 0 Å². The van der Waals surface area contributed by atoms with Gasteiger partial charge in [-0.25, -0.2) is 0 Å². The van der Waals surface area contributed by atoms with Gasteiger partial charge in [0.25, 0.3) is 25.9 Å². The number of phenolic OH excluding ortho intramolecular Hbond substituents is 2. The van der Waals surface area contributed by atoms with E-state index < -0.39 is 52.1 Å². The molecule has 3 aromatic carbocycles. The van der Waals surface area contributed by atoms with Crippen LogP contribution in [0.3, 0.4) is 0 Å². The molecular weight excluding hydrogens is 596 g/mol. The van der Waals surface area contributed by atoms with E-state index in [1.165, 1.54) is 24.3 Å². The van der Waals surface area contributed by atoms with Gasteiger partial charge in [-0.05, 0) is 36.4 Å². The molecule has 0 fully saturated rings. The Hall–Kier alpha value is -3.43. The third kappa shape index (κ3) is 7.30. The number of hydrogen-bond donors (Lipinski definition) is 4. The third-order valence-corrected chi connectivity index (χ3v) is 6.41. The summed E-state index contributed by atoms with van der Waals surface area (Å²) in [6, 6.07) is 8.10. The normalized spacial score (nSPS) is 12.1. The quantitative estimate of drug-likeness (QED) is 0.0975. The van der Waals surface area contributed by atoms with Gasteiger partial charge >= 0.3 is 0 Å². The van der Waals surface area contributed by atoms with Crippen molar-refractivity contribution >= 4 is 60.8 Å². The minimum Gasteiger partial charge on any atom is -0.507 e. The van der Waals surface area contributed by atoms with Crippen LogP contribution >= 0.6 is 11.6 Å². The van der Waals surface area contributed by atoms with Crippen LogP contribution in [0, 0.1) is 10.1 Å². The summed E-state index contributed by atoms with van der Waals surface area (Å²) in [7, 11) is -9.55. The van der Waals surface area contributed by atoms with E-state index >= 15 is 0 Å². The zero-order valence-corrected chi connectivity index (χ0v) is 21.5. The Labute approximate surface area is 224 Å². The van der Waals surface area contributed by atoms with Crippen molar-refractivity contribution in [2.45, 2.75) is 9.79 Å². The monoisotopic (exact) mass is 608 g/mol. The summed E-state index contributed by atoms with van der Waals surface area (Å²) in [6.07, 6.45) is 0.923. The van der Waals surface area contributed by atoms with E-state index in [2.05, 4.69) is 15.2 Å². The van der Waals surface area contributed by atoms with Gasteiger partial charge < -0.3 is 10.2 Å². The molecule has 0 aliphatic rings. The van der Waals surface area contributed by atoms with Crippen molar-refractivity contribution in [1.29, 1.82) is 0 Å². The SMILES string of the molecule is O=[N+]([O-])c1cc(N=Cc2cc(N=Nc3cc(S(=O)(=O)O)ccc3Cl)ccc2O)c(O)c(S(=O)(=O)O)c1.[Cr]. The number of non-ortho nitro benzene ring substituents is 1. The van der Waals surface area contributed by atoms with Crippen LogP contribution in [0.2, 0.25) is 5.02 Å². The van der Waals surface area contributed by atoms with Crippen molar-refractivity contribution in [3.8, 4) is 11.5 Å². The molecule has 37 heavy (non-hydrogen) atoms. The summed E-state index contributed by atoms with van der Waals surface area (Å²) in [5.74, 6) is -1.42. The molecule has 0 spiro atoms. The Morgan fingerprint density at radius 3 is 2.16 bits per heavy atom. The number of nitro benzene ring substituents is 1. The first-order valence-corrected chi connectivity index (χ1v) is 12.5. The molecule has 3 rings (SSSR count). The maximum atomic E-state index is 11.4. The molecule has 3 aromatic rings. The molecule has 18 heteroatoms. The second-order valence-electron chi connectivity index (χ2n) is 6.83. The molecule has 14 nitrogen and oxygen atoms in total. The second kappa shape index (κ2) is 11.3. The van der Waals surface area contributed by atoms with Gasteiger partial charge in [-0.2, -0.15) is 21.9 Å². The van der Waals surface area contributed by atoms with Crippen LogP contribution in [-0.2, 0) is 37.6 Å². The van der Waals surface area contributed by atoms with E-state index in [1.807, 2.05) is 0 Å². The van der Waals surface area contributed by atoms with E-state index in [4.69, 9.17) is 16.2 Å². The summed E-state index contributed by atoms with van der Waals surface area (Å²) in [5.41, 5.74) is -1.46. The number of hydrogen-bond acceptors (Lipinski definition) is 11. The second-order valence-corrected chi connectivity index (χ2v) is 10.1. The van der Waals surface area contributed by atoms with Crippen LogP contribution in [-0.4, -0.2) is 47.3 Å². The first-order valence-electron chi connectivity index (χ1n) is 9.21. The average Bonchev–Trinajstić information content (AvgIpc) is 2.77. The summed E-state index contributed by atoms with van der Waals surface area (Å²) >= 11 is 5.96. The molecule has 0 aliphatic carbocycles. The number of nitro groups is 1. The van der Waals surface area contributed by atoms with Crippen molar-refractivity contribution in [2.24, 2.45) is 15.2 Å². The molecule has 0 unspecified atom stereocenters. The Morgan fingerprint density at radius 1 is 0.892 bits per heavy atom. The largest absolute Gasteiger partial charge is 0.507 e. The Kier molecular flexibility index (Phi) is 9.11. The van der Waals surface area contributed by atoms with Gasteiger partial charge in [0.05, 0.1) is 20.5 Å². The fraction of sp³-hybridized carbons (Fsp3) is 0. The standard InChI is InChI=1S/C19H13ClN4O10S2.Cr/c20-14-3-2-13(35(29,30)31)8-15(14)23-22-11-1-4-17(25)10(5-11)9-21-16-6-12(24(27)28)7-18(19(16)26)36(32,33)34;/h1-9,25-26H,(H,29,30,31)(H,32,33,34);. The van der Waals surface area contributed by atoms with Gasteiger partial charge in [-0.15, -0.1) is 5.11 Å². The van der Waals surface area contributed by atoms with Crippen molar-refractivity contribution < 1.29 is 58.4 Å². The minimum absolute atomic E-state index is 0. The smallest absolute Gasteiger partial charge is 0.298 e. The maximum Gasteiger partial charge on any atom is 0.298 e. The summed E-state index contributed by atoms with van der Waals surface area (Å²) in [5, 5.41) is 38.9. The number of nitrogens with zero attached hydrogens (tertiary/aromatic N) is 4. The Morgan fingerprint density at radius 2 is 1.57 bits per heavy atom. The number of azo groups is 1. The van der Waals surface area contributed by atoms with Gasteiger partial charge in [-0.1, -0.05) is 11.6 Å². The van der Waals surface area contributed by atoms with Crippen LogP contribution in [0.5, 0.6) is 11.5 Å². The summed E-state index contributed by atoms with van der Waals surface area (Å²) in [6.45, 7) is 0. The van der Waals surface area contributed by atoms with Gasteiger partial charge in [0, 0.05) is 41.3 Å². The van der Waals surface area contributed by atoms with E-state index in [1.54, 1.807) is 0 Å². The van der Waals surface area contributed by atoms with Crippen LogP contribution in [0.1, 0.15) is 5.56 Å². The van der Waals surface area contributed by atoms with Crippen LogP contribution in [0.15, 0.2) is 73.5 Å². The molecule has 0 bridgehead atoms. The first kappa shape index (κ1) is 29.8. The van der Waals surface area contributed by atoms with E-state index in [0.29, 0.717) is 6.07 Å². The third-order valence-electron chi connectivity index (χ3n) is 4.37. The van der Waals surface area contributed by atoms with E-state index in [9.17, 15) is 41.7 Å². The number of rotatable bonds is 7. The minimum atomic E-state index is -5.03. The van der Waals surface area contributed by atoms with Gasteiger partial charge in [-0.3, -0.25) is 24.2 Å². The maximum absolute atomic E-state index is 11.4. The molecule has 0 radical (unpaired) electrons. The molecule has 4 N–H and O–H groups in total. The summed E-state index contributed by atoms with van der Waals surface area (Å²) in [4.78, 5) is 12.3. The predicted molar refractivity (Wildman–Crippen MR) is 125 cm³/mol. The molecule has 0 saturated heterocycles. The Balaban J connectivity index is 0.00000481. The van der Waals surface area contributed by atoms with Crippen molar-refractivity contribution in [2.75, 3.05) is 0 Å². The fourth-order valence-corrected chi connectivity index (χ4v) is 3.94. The fourth-order valence-electron chi connectivity index (χ4n) is 2.67. The summed E-state index contributed by atoms with van der Waals surface area (Å²) < 4.78 is 63.8. The first-order chi connectivity index (χ1) is 16.7. The Bertz CT molecular complexity index is 1660. The van der Waals surface area contributed by atoms with Crippen LogP contribution in [0.25, 0.3) is 0 Å². The predicted octanol–water partition coefficient (Wildman–Crippen LogP) is 4.32. The number of aromatic hydroxyl groups is 2. The number of aliphatic imine (C=N–C) groups is 1. The molecule has 0 amide bonds. The molecule has 0 aromatic heterocycles. The van der Waals surface area contributed by atoms with Gasteiger partial charge in [0.2, 0.25) is 0 Å². The molecular formula is C19H13ClCrN4O10S2. The zero-order valence-electron chi connectivity index (χ0n) is 17.8. The number of phenols is 2. The van der Waals surface area contributed by atoms with Crippen LogP contribution in [0.4, 0.5) is 22.7 Å². The molecule has 0 saturated carbocycles. The van der Waals surface area contributed by atoms with E-state index in [0.717, 1.165) is 24.4 Å². The van der Waals surface area contributed by atoms with Crippen molar-refractivity contribution in [3.05, 3.63) is 69.2 Å². The number of halogens is 1. The molecule has 0 aliphatic heterocycles. The van der Waals surface area contributed by atoms with Crippen LogP contribution < -0.4 is 0 Å². The van der Waals surface area contributed by atoms with Gasteiger partial charge in [0.15, 0.2) is 5.75 Å². The number of benzene rings is 3. The molecule has 0 atom stereocenters. The zero-order chi connectivity index (χ0) is 26.8. The molecule has 0 heterocycles.